The number of carbonyl (C=O) groups is 1. The largest absolute Gasteiger partial charge is 0.481 e. The number of hydrogen-bond acceptors (Lipinski definition) is 1. The highest BCUT2D eigenvalue weighted by atomic mass is 35.5. The zero-order valence-corrected chi connectivity index (χ0v) is 13.0. The number of hydrogen-bond donors (Lipinski definition) is 1. The number of benzene rings is 2. The molecule has 1 N–H and O–H groups in total. The minimum atomic E-state index is -0.961. The minimum absolute atomic E-state index is 0.171. The first kappa shape index (κ1) is 15.5. The molecule has 0 aromatic heterocycles. The molecule has 20 heavy (non-hydrogen) atoms. The number of carboxylic acid groups (broad SMARTS) is 1. The normalized spacial score (nSPS) is 10.6. The van der Waals surface area contributed by atoms with E-state index in [1.807, 2.05) is 0 Å². The van der Waals surface area contributed by atoms with Gasteiger partial charge in [-0.3, -0.25) is 4.79 Å². The van der Waals surface area contributed by atoms with Crippen molar-refractivity contribution in [2.24, 2.45) is 0 Å². The van der Waals surface area contributed by atoms with E-state index in [-0.39, 0.29) is 6.42 Å². The van der Waals surface area contributed by atoms with Crippen molar-refractivity contribution in [3.63, 3.8) is 0 Å². The topological polar surface area (TPSA) is 37.3 Å². The van der Waals surface area contributed by atoms with Gasteiger partial charge in [0.05, 0.1) is 16.5 Å². The van der Waals surface area contributed by atoms with Gasteiger partial charge in [0.1, 0.15) is 0 Å². The smallest absolute Gasteiger partial charge is 0.307 e. The van der Waals surface area contributed by atoms with Gasteiger partial charge in [0, 0.05) is 15.6 Å². The second kappa shape index (κ2) is 6.23. The van der Waals surface area contributed by atoms with Crippen molar-refractivity contribution < 1.29 is 9.90 Å². The molecule has 0 saturated heterocycles. The molecule has 0 atom stereocenters. The number of halogens is 4. The lowest BCUT2D eigenvalue weighted by Crippen LogP contribution is -2.01. The number of carboxylic acids is 1. The number of rotatable bonds is 3. The minimum Gasteiger partial charge on any atom is -0.481 e. The van der Waals surface area contributed by atoms with Crippen LogP contribution in [0.1, 0.15) is 5.56 Å². The molecule has 0 spiro atoms. The van der Waals surface area contributed by atoms with Crippen LogP contribution in [-0.4, -0.2) is 11.1 Å². The van der Waals surface area contributed by atoms with Crippen LogP contribution >= 0.6 is 46.4 Å². The lowest BCUT2D eigenvalue weighted by atomic mass is 10.0. The van der Waals surface area contributed by atoms with Crippen LogP contribution in [0.5, 0.6) is 0 Å². The zero-order valence-electron chi connectivity index (χ0n) is 9.96. The van der Waals surface area contributed by atoms with E-state index < -0.39 is 5.97 Å². The average molecular weight is 350 g/mol. The maximum absolute atomic E-state index is 10.8. The highest BCUT2D eigenvalue weighted by Crippen LogP contribution is 2.38. The summed E-state index contributed by atoms with van der Waals surface area (Å²) < 4.78 is 0. The molecule has 2 aromatic carbocycles. The summed E-state index contributed by atoms with van der Waals surface area (Å²) in [6.45, 7) is 0. The third-order valence-corrected chi connectivity index (χ3v) is 3.87. The SMILES string of the molecule is O=C(O)Cc1cc(-c2c(Cl)cc(Cl)cc2Cl)ccc1Cl. The van der Waals surface area contributed by atoms with Crippen LogP contribution in [0.25, 0.3) is 11.1 Å². The third kappa shape index (κ3) is 3.39. The van der Waals surface area contributed by atoms with E-state index in [2.05, 4.69) is 0 Å². The van der Waals surface area contributed by atoms with Gasteiger partial charge >= 0.3 is 5.97 Å². The van der Waals surface area contributed by atoms with Crippen LogP contribution < -0.4 is 0 Å². The highest BCUT2D eigenvalue weighted by molar-refractivity contribution is 6.41. The van der Waals surface area contributed by atoms with Gasteiger partial charge in [-0.1, -0.05) is 52.5 Å². The van der Waals surface area contributed by atoms with E-state index in [1.165, 1.54) is 0 Å². The fourth-order valence-electron chi connectivity index (χ4n) is 1.85. The molecule has 0 aliphatic heterocycles. The van der Waals surface area contributed by atoms with Crippen LogP contribution in [0.15, 0.2) is 30.3 Å². The molecular weight excluding hydrogens is 342 g/mol. The first-order chi connectivity index (χ1) is 9.38. The van der Waals surface area contributed by atoms with Crippen molar-refractivity contribution in [3.8, 4) is 11.1 Å². The van der Waals surface area contributed by atoms with Crippen LogP contribution in [-0.2, 0) is 11.2 Å². The first-order valence-corrected chi connectivity index (χ1v) is 7.05. The molecule has 2 nitrogen and oxygen atoms in total. The summed E-state index contributed by atoms with van der Waals surface area (Å²) in [5.41, 5.74) is 1.79. The van der Waals surface area contributed by atoms with Crippen LogP contribution in [0.3, 0.4) is 0 Å². The lowest BCUT2D eigenvalue weighted by molar-refractivity contribution is -0.136. The Hall–Kier alpha value is -0.930. The van der Waals surface area contributed by atoms with E-state index in [9.17, 15) is 4.79 Å². The molecule has 0 aliphatic carbocycles. The Balaban J connectivity index is 2.56. The molecule has 6 heteroatoms. The Labute approximate surface area is 135 Å². The maximum atomic E-state index is 10.8. The van der Waals surface area contributed by atoms with Crippen LogP contribution in [0.4, 0.5) is 0 Å². The zero-order chi connectivity index (χ0) is 14.9. The first-order valence-electron chi connectivity index (χ1n) is 5.53. The Morgan fingerprint density at radius 1 is 0.950 bits per heavy atom. The summed E-state index contributed by atoms with van der Waals surface area (Å²) in [7, 11) is 0. The van der Waals surface area contributed by atoms with Crippen LogP contribution in [0, 0.1) is 0 Å². The molecule has 0 saturated carbocycles. The van der Waals surface area contributed by atoms with Gasteiger partial charge in [-0.05, 0) is 35.4 Å². The molecule has 104 valence electrons. The van der Waals surface area contributed by atoms with E-state index >= 15 is 0 Å². The van der Waals surface area contributed by atoms with Crippen molar-refractivity contribution in [1.82, 2.24) is 0 Å². The van der Waals surface area contributed by atoms with Crippen LogP contribution in [0.2, 0.25) is 20.1 Å². The Bertz CT molecular complexity index is 660. The van der Waals surface area contributed by atoms with Gasteiger partial charge in [0.25, 0.3) is 0 Å². The molecule has 2 aromatic rings. The highest BCUT2D eigenvalue weighted by Gasteiger charge is 2.13. The third-order valence-electron chi connectivity index (χ3n) is 2.68. The van der Waals surface area contributed by atoms with Gasteiger partial charge in [0.15, 0.2) is 0 Å². The summed E-state index contributed by atoms with van der Waals surface area (Å²) >= 11 is 24.1. The summed E-state index contributed by atoms with van der Waals surface area (Å²) in [6, 6.07) is 8.17. The van der Waals surface area contributed by atoms with Gasteiger partial charge in [-0.2, -0.15) is 0 Å². The maximum Gasteiger partial charge on any atom is 0.307 e. The molecule has 2 rings (SSSR count). The average Bonchev–Trinajstić information content (AvgIpc) is 2.31. The molecule has 0 radical (unpaired) electrons. The van der Waals surface area contributed by atoms with Crippen molar-refractivity contribution in [2.75, 3.05) is 0 Å². The van der Waals surface area contributed by atoms with E-state index in [4.69, 9.17) is 51.5 Å². The molecule has 0 amide bonds. The molecular formula is C14H8Cl4O2. The number of aliphatic carboxylic acids is 1. The second-order valence-electron chi connectivity index (χ2n) is 4.12. The summed E-state index contributed by atoms with van der Waals surface area (Å²) in [5.74, 6) is -0.961. The molecule has 0 fully saturated rings. The summed E-state index contributed by atoms with van der Waals surface area (Å²) in [5, 5.41) is 10.5. The van der Waals surface area contributed by atoms with Crippen molar-refractivity contribution in [3.05, 3.63) is 56.0 Å². The van der Waals surface area contributed by atoms with E-state index in [1.54, 1.807) is 30.3 Å². The lowest BCUT2D eigenvalue weighted by Gasteiger charge is -2.10. The summed E-state index contributed by atoms with van der Waals surface area (Å²) in [4.78, 5) is 10.8. The van der Waals surface area contributed by atoms with Gasteiger partial charge in [0.2, 0.25) is 0 Å². The van der Waals surface area contributed by atoms with E-state index in [0.29, 0.717) is 36.8 Å². The molecule has 0 unspecified atom stereocenters. The molecule has 0 bridgehead atoms. The molecule has 0 heterocycles. The Morgan fingerprint density at radius 3 is 2.10 bits per heavy atom. The van der Waals surface area contributed by atoms with Gasteiger partial charge < -0.3 is 5.11 Å². The van der Waals surface area contributed by atoms with Crippen molar-refractivity contribution in [1.29, 1.82) is 0 Å². The quantitative estimate of drug-likeness (QED) is 0.783. The predicted octanol–water partition coefficient (Wildman–Crippen LogP) is 5.59. The predicted molar refractivity (Wildman–Crippen MR) is 83.3 cm³/mol. The fourth-order valence-corrected chi connectivity index (χ4v) is 3.07. The second-order valence-corrected chi connectivity index (χ2v) is 5.78. The van der Waals surface area contributed by atoms with E-state index in [0.717, 1.165) is 0 Å². The standard InChI is InChI=1S/C14H8Cl4O2/c15-9-5-11(17)14(12(18)6-9)7-1-2-10(16)8(3-7)4-13(19)20/h1-3,5-6H,4H2,(H,19,20). The molecule has 0 aliphatic rings. The van der Waals surface area contributed by atoms with Crippen molar-refractivity contribution >= 4 is 52.4 Å². The Kier molecular flexibility index (Phi) is 4.82. The van der Waals surface area contributed by atoms with Gasteiger partial charge in [-0.25, -0.2) is 0 Å². The summed E-state index contributed by atoms with van der Waals surface area (Å²) in [6.07, 6.45) is -0.171. The monoisotopic (exact) mass is 348 g/mol. The van der Waals surface area contributed by atoms with Gasteiger partial charge in [-0.15, -0.1) is 0 Å². The van der Waals surface area contributed by atoms with Crippen molar-refractivity contribution in [2.45, 2.75) is 6.42 Å². The Morgan fingerprint density at radius 2 is 1.55 bits per heavy atom. The fraction of sp³-hybridized carbons (Fsp3) is 0.0714.